The molecule has 0 bridgehead atoms. The fourth-order valence-corrected chi connectivity index (χ4v) is 0.897. The molecular formula is C7H9ClN2O3. The lowest BCUT2D eigenvalue weighted by atomic mass is 10.3. The van der Waals surface area contributed by atoms with Gasteiger partial charge in [-0.25, -0.2) is 0 Å². The third-order valence-corrected chi connectivity index (χ3v) is 1.77. The van der Waals surface area contributed by atoms with Crippen LogP contribution in [0.15, 0.2) is 22.2 Å². The number of hydrogen-bond acceptors (Lipinski definition) is 4. The molecule has 72 valence electrons. The lowest BCUT2D eigenvalue weighted by molar-refractivity contribution is -0.118. The van der Waals surface area contributed by atoms with E-state index in [1.807, 2.05) is 0 Å². The summed E-state index contributed by atoms with van der Waals surface area (Å²) in [5.74, 6) is -0.185. The minimum Gasteiger partial charge on any atom is -0.492 e. The van der Waals surface area contributed by atoms with E-state index in [2.05, 4.69) is 10.2 Å². The highest BCUT2D eigenvalue weighted by molar-refractivity contribution is 6.32. The first-order valence-electron chi connectivity index (χ1n) is 3.66. The molecule has 0 aromatic heterocycles. The summed E-state index contributed by atoms with van der Waals surface area (Å²) in [5.41, 5.74) is 0. The van der Waals surface area contributed by atoms with Gasteiger partial charge >= 0.3 is 0 Å². The van der Waals surface area contributed by atoms with Gasteiger partial charge in [0.1, 0.15) is 12.4 Å². The Balaban J connectivity index is 2.44. The molecule has 6 heteroatoms. The largest absolute Gasteiger partial charge is 0.492 e. The first-order valence-corrected chi connectivity index (χ1v) is 4.10. The first-order chi connectivity index (χ1) is 6.25. The van der Waals surface area contributed by atoms with Crippen LogP contribution in [0.5, 0.6) is 0 Å². The number of hydrogen-bond donors (Lipinski definition) is 0. The normalized spacial score (nSPS) is 21.5. The van der Waals surface area contributed by atoms with E-state index >= 15 is 0 Å². The lowest BCUT2D eigenvalue weighted by Crippen LogP contribution is -2.19. The predicted octanol–water partition coefficient (Wildman–Crippen LogP) is 1.09. The van der Waals surface area contributed by atoms with Crippen molar-refractivity contribution in [1.29, 1.82) is 0 Å². The molecule has 1 atom stereocenters. The molecule has 1 rings (SSSR count). The Morgan fingerprint density at radius 2 is 2.38 bits per heavy atom. The average Bonchev–Trinajstić information content (AvgIpc) is 2.13. The molecule has 0 N–H and O–H groups in total. The molecule has 0 saturated carbocycles. The van der Waals surface area contributed by atoms with Crippen molar-refractivity contribution in [3.63, 3.8) is 0 Å². The van der Waals surface area contributed by atoms with E-state index in [1.54, 1.807) is 7.11 Å². The fraction of sp³-hybridized carbons (Fsp3) is 0.571. The Morgan fingerprint density at radius 1 is 1.62 bits per heavy atom. The van der Waals surface area contributed by atoms with Crippen LogP contribution in [0, 0.1) is 0 Å². The van der Waals surface area contributed by atoms with Crippen molar-refractivity contribution in [1.82, 2.24) is 0 Å². The van der Waals surface area contributed by atoms with Crippen molar-refractivity contribution in [2.24, 2.45) is 10.2 Å². The Hall–Kier alpha value is -0.940. The summed E-state index contributed by atoms with van der Waals surface area (Å²) < 4.78 is 9.90. The molecular weight excluding hydrogens is 196 g/mol. The van der Waals surface area contributed by atoms with Gasteiger partial charge in [0.25, 0.3) is 5.91 Å². The van der Waals surface area contributed by atoms with Gasteiger partial charge in [0.15, 0.2) is 5.38 Å². The molecule has 1 unspecified atom stereocenters. The second kappa shape index (κ2) is 4.94. The molecule has 0 fully saturated rings. The van der Waals surface area contributed by atoms with Gasteiger partial charge in [-0.3, -0.25) is 4.79 Å². The summed E-state index contributed by atoms with van der Waals surface area (Å²) in [6.45, 7) is 0.778. The number of rotatable bonds is 4. The Labute approximate surface area is 80.4 Å². The van der Waals surface area contributed by atoms with Crippen molar-refractivity contribution >= 4 is 17.5 Å². The van der Waals surface area contributed by atoms with Crippen molar-refractivity contribution in [2.75, 3.05) is 20.3 Å². The third-order valence-electron chi connectivity index (χ3n) is 1.36. The van der Waals surface area contributed by atoms with Gasteiger partial charge in [-0.05, 0) is 0 Å². The zero-order valence-electron chi connectivity index (χ0n) is 7.07. The lowest BCUT2D eigenvalue weighted by Gasteiger charge is -2.13. The number of halogens is 1. The molecule has 13 heavy (non-hydrogen) atoms. The van der Waals surface area contributed by atoms with Gasteiger partial charge in [-0.2, -0.15) is 5.11 Å². The molecule has 1 amide bonds. The summed E-state index contributed by atoms with van der Waals surface area (Å²) in [4.78, 5) is 10.9. The molecule has 0 spiro atoms. The number of carbonyl (C=O) groups is 1. The van der Waals surface area contributed by atoms with E-state index in [4.69, 9.17) is 21.1 Å². The van der Waals surface area contributed by atoms with E-state index < -0.39 is 11.3 Å². The SMILES string of the molecule is COCCOC1=CN=NC(=O)C1Cl. The quantitative estimate of drug-likeness (QED) is 0.509. The molecule has 0 aromatic rings. The van der Waals surface area contributed by atoms with Crippen LogP contribution in [-0.4, -0.2) is 31.6 Å². The number of ether oxygens (including phenoxy) is 2. The molecule has 0 aliphatic carbocycles. The van der Waals surface area contributed by atoms with E-state index in [-0.39, 0.29) is 0 Å². The molecule has 1 aliphatic heterocycles. The number of azo groups is 1. The van der Waals surface area contributed by atoms with Crippen LogP contribution in [0.25, 0.3) is 0 Å². The summed E-state index contributed by atoms with van der Waals surface area (Å²) in [6, 6.07) is 0. The Bertz CT molecular complexity index is 252. The minimum absolute atomic E-state index is 0.318. The molecule has 0 radical (unpaired) electrons. The number of carbonyl (C=O) groups excluding carboxylic acids is 1. The Morgan fingerprint density at radius 3 is 3.08 bits per heavy atom. The second-order valence-corrected chi connectivity index (χ2v) is 2.73. The van der Waals surface area contributed by atoms with Crippen LogP contribution in [0.3, 0.4) is 0 Å². The summed E-state index contributed by atoms with van der Waals surface area (Å²) >= 11 is 5.67. The average molecular weight is 205 g/mol. The van der Waals surface area contributed by atoms with Gasteiger partial charge in [0.2, 0.25) is 0 Å². The highest BCUT2D eigenvalue weighted by Gasteiger charge is 2.24. The first kappa shape index (κ1) is 10.1. The highest BCUT2D eigenvalue weighted by atomic mass is 35.5. The van der Waals surface area contributed by atoms with Crippen LogP contribution in [-0.2, 0) is 14.3 Å². The minimum atomic E-state index is -0.852. The van der Waals surface area contributed by atoms with E-state index in [1.165, 1.54) is 6.20 Å². The number of amides is 1. The summed E-state index contributed by atoms with van der Waals surface area (Å²) in [5, 5.41) is 5.84. The van der Waals surface area contributed by atoms with E-state index in [0.717, 1.165) is 0 Å². The maximum absolute atomic E-state index is 10.9. The monoisotopic (exact) mass is 204 g/mol. The van der Waals surface area contributed by atoms with Crippen molar-refractivity contribution < 1.29 is 14.3 Å². The van der Waals surface area contributed by atoms with Crippen molar-refractivity contribution in [3.05, 3.63) is 12.0 Å². The van der Waals surface area contributed by atoms with Crippen LogP contribution in [0.4, 0.5) is 0 Å². The van der Waals surface area contributed by atoms with Crippen LogP contribution in [0.2, 0.25) is 0 Å². The van der Waals surface area contributed by atoms with E-state index in [0.29, 0.717) is 19.0 Å². The predicted molar refractivity (Wildman–Crippen MR) is 45.4 cm³/mol. The summed E-state index contributed by atoms with van der Waals surface area (Å²) in [6.07, 6.45) is 1.33. The zero-order valence-corrected chi connectivity index (χ0v) is 7.82. The Kier molecular flexibility index (Phi) is 3.85. The zero-order chi connectivity index (χ0) is 9.68. The maximum Gasteiger partial charge on any atom is 0.290 e. The third kappa shape index (κ3) is 2.78. The highest BCUT2D eigenvalue weighted by Crippen LogP contribution is 2.17. The number of methoxy groups -OCH3 is 1. The van der Waals surface area contributed by atoms with Gasteiger partial charge in [-0.1, -0.05) is 0 Å². The van der Waals surface area contributed by atoms with Crippen LogP contribution in [0.1, 0.15) is 0 Å². The second-order valence-electron chi connectivity index (χ2n) is 2.29. The van der Waals surface area contributed by atoms with Crippen LogP contribution >= 0.6 is 11.6 Å². The van der Waals surface area contributed by atoms with Gasteiger partial charge in [0.05, 0.1) is 12.8 Å². The molecule has 0 aromatic carbocycles. The van der Waals surface area contributed by atoms with Crippen molar-refractivity contribution in [2.45, 2.75) is 5.38 Å². The maximum atomic E-state index is 10.9. The summed E-state index contributed by atoms with van der Waals surface area (Å²) in [7, 11) is 1.56. The topological polar surface area (TPSA) is 60.2 Å². The molecule has 1 aliphatic rings. The van der Waals surface area contributed by atoms with Crippen molar-refractivity contribution in [3.8, 4) is 0 Å². The number of nitrogens with zero attached hydrogens (tertiary/aromatic N) is 2. The molecule has 5 nitrogen and oxygen atoms in total. The van der Waals surface area contributed by atoms with Gasteiger partial charge in [0, 0.05) is 7.11 Å². The molecule has 1 heterocycles. The number of alkyl halides is 1. The van der Waals surface area contributed by atoms with Gasteiger partial charge in [-0.15, -0.1) is 16.7 Å². The van der Waals surface area contributed by atoms with E-state index in [9.17, 15) is 4.79 Å². The molecule has 0 saturated heterocycles. The van der Waals surface area contributed by atoms with Crippen LogP contribution < -0.4 is 0 Å². The smallest absolute Gasteiger partial charge is 0.290 e. The van der Waals surface area contributed by atoms with Gasteiger partial charge < -0.3 is 9.47 Å². The standard InChI is InChI=1S/C7H9ClN2O3/c1-12-2-3-13-5-4-9-10-7(11)6(5)8/h4,6H,2-3H2,1H3. The fourth-order valence-electron chi connectivity index (χ4n) is 0.734.